The van der Waals surface area contributed by atoms with Gasteiger partial charge in [0, 0.05) is 11.6 Å². The lowest BCUT2D eigenvalue weighted by atomic mass is 9.84. The first-order valence-corrected chi connectivity index (χ1v) is 6.12. The summed E-state index contributed by atoms with van der Waals surface area (Å²) in [6.45, 7) is 4.07. The monoisotopic (exact) mass is 292 g/mol. The number of H-pyrrole nitrogens is 1. The van der Waals surface area contributed by atoms with Gasteiger partial charge in [-0.25, -0.2) is 4.98 Å². The molecule has 0 amide bonds. The normalized spacial score (nSPS) is 11.5. The molecule has 0 saturated heterocycles. The van der Waals surface area contributed by atoms with Crippen molar-refractivity contribution in [3.63, 3.8) is 0 Å². The predicted molar refractivity (Wildman–Crippen MR) is 71.1 cm³/mol. The van der Waals surface area contributed by atoms with Crippen molar-refractivity contribution >= 4 is 15.9 Å². The smallest absolute Gasteiger partial charge is 0.265 e. The first-order valence-electron chi connectivity index (χ1n) is 5.32. The standard InChI is InChI=1S/C13H13BrN2O/c1-13(2,9-6-4-3-5-7-9)12-15-8-10(14)11(17)16-12/h3-8H,1-2H3,(H,15,16,17). The second-order valence-electron chi connectivity index (χ2n) is 4.40. The fourth-order valence-corrected chi connectivity index (χ4v) is 1.89. The molecule has 0 aliphatic heterocycles. The lowest BCUT2D eigenvalue weighted by Crippen LogP contribution is -2.26. The Morgan fingerprint density at radius 1 is 1.24 bits per heavy atom. The van der Waals surface area contributed by atoms with Crippen LogP contribution in [-0.4, -0.2) is 9.97 Å². The largest absolute Gasteiger partial charge is 0.309 e. The van der Waals surface area contributed by atoms with Crippen LogP contribution >= 0.6 is 15.9 Å². The minimum atomic E-state index is -0.318. The van der Waals surface area contributed by atoms with Crippen LogP contribution in [0, 0.1) is 0 Å². The van der Waals surface area contributed by atoms with E-state index in [0.717, 1.165) is 5.56 Å². The van der Waals surface area contributed by atoms with Crippen molar-refractivity contribution < 1.29 is 0 Å². The van der Waals surface area contributed by atoms with Crippen LogP contribution in [0.5, 0.6) is 0 Å². The molecule has 17 heavy (non-hydrogen) atoms. The Morgan fingerprint density at radius 2 is 1.88 bits per heavy atom. The molecule has 2 rings (SSSR count). The Balaban J connectivity index is 2.52. The average molecular weight is 293 g/mol. The van der Waals surface area contributed by atoms with E-state index in [-0.39, 0.29) is 11.0 Å². The number of hydrogen-bond acceptors (Lipinski definition) is 2. The molecule has 0 spiro atoms. The summed E-state index contributed by atoms with van der Waals surface area (Å²) in [6.07, 6.45) is 1.54. The van der Waals surface area contributed by atoms with Crippen molar-refractivity contribution in [3.05, 3.63) is 62.7 Å². The summed E-state index contributed by atoms with van der Waals surface area (Å²) < 4.78 is 0.449. The molecule has 0 aliphatic rings. The van der Waals surface area contributed by atoms with E-state index < -0.39 is 0 Å². The van der Waals surface area contributed by atoms with E-state index in [1.54, 1.807) is 6.20 Å². The van der Waals surface area contributed by atoms with Crippen molar-refractivity contribution in [1.82, 2.24) is 9.97 Å². The number of nitrogens with zero attached hydrogens (tertiary/aromatic N) is 1. The maximum Gasteiger partial charge on any atom is 0.265 e. The van der Waals surface area contributed by atoms with Crippen LogP contribution in [0.25, 0.3) is 0 Å². The summed E-state index contributed by atoms with van der Waals surface area (Å²) in [6, 6.07) is 9.99. The molecule has 0 bridgehead atoms. The van der Waals surface area contributed by atoms with Crippen molar-refractivity contribution in [2.24, 2.45) is 0 Å². The van der Waals surface area contributed by atoms with Gasteiger partial charge in [-0.05, 0) is 35.3 Å². The van der Waals surface area contributed by atoms with Crippen molar-refractivity contribution in [3.8, 4) is 0 Å². The molecule has 1 aromatic carbocycles. The summed E-state index contributed by atoms with van der Waals surface area (Å²) >= 11 is 3.15. The van der Waals surface area contributed by atoms with Crippen LogP contribution in [0.1, 0.15) is 25.2 Å². The van der Waals surface area contributed by atoms with Gasteiger partial charge in [0.25, 0.3) is 5.56 Å². The van der Waals surface area contributed by atoms with E-state index in [1.165, 1.54) is 0 Å². The third-order valence-electron chi connectivity index (χ3n) is 2.84. The van der Waals surface area contributed by atoms with E-state index in [4.69, 9.17) is 0 Å². The van der Waals surface area contributed by atoms with Gasteiger partial charge in [0.15, 0.2) is 0 Å². The maximum absolute atomic E-state index is 11.6. The molecule has 1 aromatic heterocycles. The van der Waals surface area contributed by atoms with Gasteiger partial charge in [-0.3, -0.25) is 4.79 Å². The Morgan fingerprint density at radius 3 is 2.47 bits per heavy atom. The fourth-order valence-electron chi connectivity index (χ4n) is 1.69. The Kier molecular flexibility index (Phi) is 3.15. The Bertz CT molecular complexity index is 575. The molecular formula is C13H13BrN2O. The summed E-state index contributed by atoms with van der Waals surface area (Å²) in [5.74, 6) is 0.664. The molecule has 4 heteroatoms. The molecule has 0 fully saturated rings. The summed E-state index contributed by atoms with van der Waals surface area (Å²) in [5.41, 5.74) is 0.644. The molecule has 0 saturated carbocycles. The summed E-state index contributed by atoms with van der Waals surface area (Å²) in [4.78, 5) is 18.7. The second-order valence-corrected chi connectivity index (χ2v) is 5.25. The second kappa shape index (κ2) is 4.45. The number of hydrogen-bond donors (Lipinski definition) is 1. The van der Waals surface area contributed by atoms with Gasteiger partial charge in [-0.1, -0.05) is 30.3 Å². The van der Waals surface area contributed by atoms with Gasteiger partial charge in [-0.15, -0.1) is 0 Å². The van der Waals surface area contributed by atoms with E-state index in [9.17, 15) is 4.79 Å². The third-order valence-corrected chi connectivity index (χ3v) is 3.41. The van der Waals surface area contributed by atoms with Gasteiger partial charge < -0.3 is 4.98 Å². The van der Waals surface area contributed by atoms with Gasteiger partial charge in [-0.2, -0.15) is 0 Å². The summed E-state index contributed by atoms with van der Waals surface area (Å²) in [5, 5.41) is 0. The van der Waals surface area contributed by atoms with E-state index in [1.807, 2.05) is 44.2 Å². The molecule has 0 radical (unpaired) electrons. The molecule has 88 valence electrons. The van der Waals surface area contributed by atoms with E-state index >= 15 is 0 Å². The maximum atomic E-state index is 11.6. The van der Waals surface area contributed by atoms with Crippen LogP contribution in [0.15, 0.2) is 45.8 Å². The molecule has 3 nitrogen and oxygen atoms in total. The average Bonchev–Trinajstić information content (AvgIpc) is 2.33. The molecule has 0 unspecified atom stereocenters. The van der Waals surface area contributed by atoms with E-state index in [0.29, 0.717) is 10.3 Å². The van der Waals surface area contributed by atoms with Crippen LogP contribution in [0.4, 0.5) is 0 Å². The van der Waals surface area contributed by atoms with Gasteiger partial charge in [0.05, 0.1) is 0 Å². The molecular weight excluding hydrogens is 280 g/mol. The molecule has 1 heterocycles. The molecule has 0 aliphatic carbocycles. The van der Waals surface area contributed by atoms with Gasteiger partial charge in [0.2, 0.25) is 0 Å². The number of nitrogens with one attached hydrogen (secondary N) is 1. The molecule has 2 aromatic rings. The number of rotatable bonds is 2. The molecule has 1 N–H and O–H groups in total. The lowest BCUT2D eigenvalue weighted by molar-refractivity contribution is 0.586. The number of benzene rings is 1. The van der Waals surface area contributed by atoms with Gasteiger partial charge >= 0.3 is 0 Å². The van der Waals surface area contributed by atoms with E-state index in [2.05, 4.69) is 25.9 Å². The van der Waals surface area contributed by atoms with Crippen molar-refractivity contribution in [2.75, 3.05) is 0 Å². The SMILES string of the molecule is CC(C)(c1ccccc1)c1ncc(Br)c(=O)[nH]1. The molecule has 0 atom stereocenters. The third kappa shape index (κ3) is 2.31. The van der Waals surface area contributed by atoms with Crippen LogP contribution in [0.3, 0.4) is 0 Å². The Hall–Kier alpha value is -1.42. The highest BCUT2D eigenvalue weighted by Gasteiger charge is 2.25. The predicted octanol–water partition coefficient (Wildman–Crippen LogP) is 2.86. The zero-order chi connectivity index (χ0) is 12.5. The number of aromatic nitrogens is 2. The highest BCUT2D eigenvalue weighted by Crippen LogP contribution is 2.27. The quantitative estimate of drug-likeness (QED) is 0.925. The first-order chi connectivity index (χ1) is 8.01. The zero-order valence-corrected chi connectivity index (χ0v) is 11.3. The Labute approximate surface area is 108 Å². The highest BCUT2D eigenvalue weighted by atomic mass is 79.9. The minimum Gasteiger partial charge on any atom is -0.309 e. The fraction of sp³-hybridized carbons (Fsp3) is 0.231. The van der Waals surface area contributed by atoms with Gasteiger partial charge in [0.1, 0.15) is 10.3 Å². The minimum absolute atomic E-state index is 0.154. The summed E-state index contributed by atoms with van der Waals surface area (Å²) in [7, 11) is 0. The van der Waals surface area contributed by atoms with Crippen LogP contribution in [-0.2, 0) is 5.41 Å². The lowest BCUT2D eigenvalue weighted by Gasteiger charge is -2.23. The van der Waals surface area contributed by atoms with Crippen LogP contribution in [0.2, 0.25) is 0 Å². The van der Waals surface area contributed by atoms with Crippen LogP contribution < -0.4 is 5.56 Å². The number of halogens is 1. The topological polar surface area (TPSA) is 45.8 Å². The highest BCUT2D eigenvalue weighted by molar-refractivity contribution is 9.10. The first kappa shape index (κ1) is 12.0. The van der Waals surface area contributed by atoms with Crippen molar-refractivity contribution in [1.29, 1.82) is 0 Å². The van der Waals surface area contributed by atoms with Crippen molar-refractivity contribution in [2.45, 2.75) is 19.3 Å². The number of aromatic amines is 1. The zero-order valence-electron chi connectivity index (χ0n) is 9.70.